The number of hydrogen-bond donors (Lipinski definition) is 12. The molecule has 1 aromatic heterocycles. The third kappa shape index (κ3) is 8.77. The van der Waals surface area contributed by atoms with Crippen LogP contribution in [-0.4, -0.2) is 142 Å². The van der Waals surface area contributed by atoms with Gasteiger partial charge in [0.1, 0.15) is 78.1 Å². The first-order chi connectivity index (χ1) is 26.1. The van der Waals surface area contributed by atoms with Crippen LogP contribution in [0, 0.1) is 0 Å². The van der Waals surface area contributed by atoms with Crippen molar-refractivity contribution in [3.63, 3.8) is 0 Å². The highest BCUT2D eigenvalue weighted by atomic mass is 35.5. The number of hydrogen-bond acceptors (Lipinski definition) is 18. The summed E-state index contributed by atoms with van der Waals surface area (Å²) in [4.78, 5) is 12.4. The van der Waals surface area contributed by atoms with Gasteiger partial charge in [0.2, 0.25) is 18.3 Å². The van der Waals surface area contributed by atoms with Crippen molar-refractivity contribution in [3.8, 4) is 51.6 Å². The number of rotatable bonds is 10. The predicted molar refractivity (Wildman–Crippen MR) is 183 cm³/mol. The molecule has 0 unspecified atom stereocenters. The summed E-state index contributed by atoms with van der Waals surface area (Å²) in [6.45, 7) is -1.41. The zero-order valence-corrected chi connectivity index (χ0v) is 29.4. The van der Waals surface area contributed by atoms with Crippen molar-refractivity contribution in [2.45, 2.75) is 61.4 Å². The Kier molecular flexibility index (Phi) is 13.0. The van der Waals surface area contributed by atoms with Gasteiger partial charge in [0.05, 0.1) is 18.2 Å². The Labute approximate surface area is 321 Å². The van der Waals surface area contributed by atoms with Crippen LogP contribution < -0.4 is 21.9 Å². The molecule has 0 aliphatic carbocycles. The van der Waals surface area contributed by atoms with Crippen LogP contribution in [0.1, 0.15) is 5.56 Å². The lowest BCUT2D eigenvalue weighted by molar-refractivity contribution is -0.278. The molecule has 2 aliphatic rings. The first-order valence-electron chi connectivity index (χ1n) is 16.5. The summed E-state index contributed by atoms with van der Waals surface area (Å²) in [5.74, 6) is -4.82. The number of aliphatic hydroxyl groups is 7. The lowest BCUT2D eigenvalue weighted by atomic mass is 9.99. The number of fused-ring (bicyclic) bond motifs is 1. The average molecular weight is 809 g/mol. The van der Waals surface area contributed by atoms with Crippen molar-refractivity contribution in [2.24, 2.45) is 0 Å². The number of phenols is 5. The maximum atomic E-state index is 12.4. The Balaban J connectivity index is 0.00000600. The molecule has 6 rings (SSSR count). The lowest BCUT2D eigenvalue weighted by Gasteiger charge is -2.39. The molecule has 12 N–H and O–H groups in total. The van der Waals surface area contributed by atoms with Crippen molar-refractivity contribution in [2.75, 3.05) is 13.2 Å². The predicted octanol–water partition coefficient (Wildman–Crippen LogP) is -3.47. The molecule has 4 aromatic rings. The molecule has 56 heavy (non-hydrogen) atoms. The van der Waals surface area contributed by atoms with Gasteiger partial charge in [-0.15, -0.1) is 0 Å². The van der Waals surface area contributed by atoms with Gasteiger partial charge < -0.3 is 97.4 Å². The van der Waals surface area contributed by atoms with Crippen molar-refractivity contribution in [1.29, 1.82) is 0 Å². The van der Waals surface area contributed by atoms with Crippen LogP contribution in [0.2, 0.25) is 0 Å². The molecular weight excluding hydrogens is 772 g/mol. The molecule has 19 nitrogen and oxygen atoms in total. The fraction of sp³-hybridized carbons (Fsp3) is 0.333. The summed E-state index contributed by atoms with van der Waals surface area (Å²) in [7, 11) is 0. The third-order valence-electron chi connectivity index (χ3n) is 8.83. The highest BCUT2D eigenvalue weighted by molar-refractivity contribution is 5.89. The fourth-order valence-electron chi connectivity index (χ4n) is 5.82. The maximum absolute atomic E-state index is 12.4. The summed E-state index contributed by atoms with van der Waals surface area (Å²) in [6, 6.07) is 11.2. The second-order valence-corrected chi connectivity index (χ2v) is 12.7. The minimum absolute atomic E-state index is 0. The van der Waals surface area contributed by atoms with Crippen LogP contribution in [0.4, 0.5) is 0 Å². The number of ether oxygens (including phenoxy) is 5. The SMILES string of the molecule is O=C(/C=C/c1ccc(O)cc1)OC[C@H]1O[C@@H](Oc2cc3c(O[C@@H]4O[C@H](CO)[C@@H](O)[C@H](O)[C@H]4O)cc(O)cc3[o+]c2-c2cc(O)c(O)c(O)c2)[C@H](O)[C@@H](O)[C@@H]1O.[Cl-]. The number of phenolic OH excluding ortho intramolecular Hbond substituents is 5. The summed E-state index contributed by atoms with van der Waals surface area (Å²) in [6.07, 6.45) is -15.1. The molecule has 2 saturated heterocycles. The molecular formula is C36H37ClO19. The Morgan fingerprint density at radius 2 is 1.27 bits per heavy atom. The third-order valence-corrected chi connectivity index (χ3v) is 8.83. The van der Waals surface area contributed by atoms with Gasteiger partial charge in [-0.1, -0.05) is 12.1 Å². The Morgan fingerprint density at radius 1 is 0.696 bits per heavy atom. The Morgan fingerprint density at radius 3 is 1.88 bits per heavy atom. The fourth-order valence-corrected chi connectivity index (χ4v) is 5.82. The van der Waals surface area contributed by atoms with E-state index < -0.39 is 104 Å². The molecule has 2 fully saturated rings. The Bertz CT molecular complexity index is 2020. The van der Waals surface area contributed by atoms with E-state index in [1.807, 2.05) is 0 Å². The molecule has 3 aromatic carbocycles. The largest absolute Gasteiger partial charge is 1.00 e. The van der Waals surface area contributed by atoms with Gasteiger partial charge in [-0.05, 0) is 23.8 Å². The number of carbonyl (C=O) groups is 1. The first-order valence-corrected chi connectivity index (χ1v) is 16.5. The van der Waals surface area contributed by atoms with Crippen molar-refractivity contribution < 1.29 is 107 Å². The van der Waals surface area contributed by atoms with Crippen LogP contribution in [0.3, 0.4) is 0 Å². The van der Waals surface area contributed by atoms with E-state index in [9.17, 15) is 66.1 Å². The minimum Gasteiger partial charge on any atom is -1.00 e. The average Bonchev–Trinajstić information content (AvgIpc) is 3.16. The molecule has 20 heteroatoms. The van der Waals surface area contributed by atoms with Gasteiger partial charge in [-0.2, -0.15) is 0 Å². The van der Waals surface area contributed by atoms with Crippen LogP contribution in [-0.2, 0) is 19.0 Å². The number of aromatic hydroxyl groups is 5. The quantitative estimate of drug-likeness (QED) is 0.0321. The van der Waals surface area contributed by atoms with Gasteiger partial charge in [-0.25, -0.2) is 9.21 Å². The molecule has 2 aliphatic heterocycles. The summed E-state index contributed by atoms with van der Waals surface area (Å²) in [5, 5.41) is 123. The molecule has 302 valence electrons. The molecule has 0 saturated carbocycles. The van der Waals surface area contributed by atoms with Crippen molar-refractivity contribution >= 4 is 23.0 Å². The number of esters is 1. The second kappa shape index (κ2) is 17.3. The maximum Gasteiger partial charge on any atom is 0.402 e. The molecule has 0 spiro atoms. The normalized spacial score (nSPS) is 27.8. The monoisotopic (exact) mass is 808 g/mol. The number of aliphatic hydroxyl groups excluding tert-OH is 7. The lowest BCUT2D eigenvalue weighted by Crippen LogP contribution is -3.00. The minimum atomic E-state index is -1.97. The summed E-state index contributed by atoms with van der Waals surface area (Å²) < 4.78 is 34.1. The van der Waals surface area contributed by atoms with E-state index in [0.29, 0.717) is 5.56 Å². The van der Waals surface area contributed by atoms with Crippen LogP contribution >= 0.6 is 0 Å². The van der Waals surface area contributed by atoms with E-state index in [4.69, 9.17) is 28.1 Å². The first kappa shape index (κ1) is 42.0. The van der Waals surface area contributed by atoms with Gasteiger partial charge >= 0.3 is 17.3 Å². The van der Waals surface area contributed by atoms with Gasteiger partial charge in [0, 0.05) is 30.3 Å². The van der Waals surface area contributed by atoms with E-state index in [1.165, 1.54) is 36.4 Å². The highest BCUT2D eigenvalue weighted by Crippen LogP contribution is 2.45. The topological polar surface area (TPSA) is 317 Å². The van der Waals surface area contributed by atoms with Crippen molar-refractivity contribution in [3.05, 3.63) is 66.2 Å². The Hall–Kier alpha value is -5.19. The zero-order valence-electron chi connectivity index (χ0n) is 28.6. The molecule has 0 amide bonds. The number of halogens is 1. The van der Waals surface area contributed by atoms with Crippen LogP contribution in [0.15, 0.2) is 65.1 Å². The molecule has 10 atom stereocenters. The molecule has 0 radical (unpaired) electrons. The van der Waals surface area contributed by atoms with E-state index >= 15 is 0 Å². The van der Waals surface area contributed by atoms with E-state index in [2.05, 4.69) is 0 Å². The van der Waals surface area contributed by atoms with Gasteiger partial charge in [0.15, 0.2) is 17.2 Å². The molecule has 0 bridgehead atoms. The number of benzene rings is 3. The smallest absolute Gasteiger partial charge is 0.402 e. The van der Waals surface area contributed by atoms with Crippen LogP contribution in [0.25, 0.3) is 28.4 Å². The molecule has 3 heterocycles. The standard InChI is InChI=1S/C36H36O19.ClH/c37-12-24-28(44)30(46)32(48)35(54-24)52-22-10-17(39)9-21-18(22)11-23(34(51-21)15-7-19(40)27(43)20(41)8-15)53-36-33(49)31(47)29(45)25(55-36)13-50-26(42)6-3-14-1-4-16(38)5-2-14;/h1-11,24-25,28-33,35-37,44-49H,12-13H2,(H4-,38,39,40,41,42,43);1H/t24-,25-,28-,29-,30+,31+,32-,33-,35-,36-;/m1./s1. The zero-order chi connectivity index (χ0) is 39.7. The van der Waals surface area contributed by atoms with Gasteiger partial charge in [0.25, 0.3) is 0 Å². The van der Waals surface area contributed by atoms with E-state index in [0.717, 1.165) is 30.3 Å². The number of carbonyl (C=O) groups excluding carboxylic acids is 1. The van der Waals surface area contributed by atoms with Crippen molar-refractivity contribution in [1.82, 2.24) is 0 Å². The summed E-state index contributed by atoms with van der Waals surface area (Å²) >= 11 is 0. The second-order valence-electron chi connectivity index (χ2n) is 12.7. The van der Waals surface area contributed by atoms with Crippen LogP contribution in [0.5, 0.6) is 40.2 Å². The summed E-state index contributed by atoms with van der Waals surface area (Å²) in [5.41, 5.74) is 0.223. The van der Waals surface area contributed by atoms with Gasteiger partial charge in [-0.3, -0.25) is 0 Å². The van der Waals surface area contributed by atoms with E-state index in [-0.39, 0.29) is 51.9 Å². The van der Waals surface area contributed by atoms with E-state index in [1.54, 1.807) is 0 Å². The highest BCUT2D eigenvalue weighted by Gasteiger charge is 2.47.